The van der Waals surface area contributed by atoms with E-state index in [9.17, 15) is 18.3 Å². The maximum atomic E-state index is 13.1. The predicted molar refractivity (Wildman–Crippen MR) is 67.0 cm³/mol. The van der Waals surface area contributed by atoms with Gasteiger partial charge in [-0.3, -0.25) is 0 Å². The fourth-order valence-electron chi connectivity index (χ4n) is 1.77. The first-order chi connectivity index (χ1) is 8.98. The number of aromatic hydroxyl groups is 1. The molecular weight excluding hydrogens is 255 g/mol. The predicted octanol–water partition coefficient (Wildman–Crippen LogP) is 4.11. The molecule has 0 aliphatic carbocycles. The number of hydrogen-bond acceptors (Lipinski definition) is 2. The summed E-state index contributed by atoms with van der Waals surface area (Å²) < 4.78 is 39.3. The van der Waals surface area contributed by atoms with Crippen LogP contribution in [0.4, 0.5) is 18.9 Å². The summed E-state index contributed by atoms with van der Waals surface area (Å²) in [6.45, 7) is 0. The van der Waals surface area contributed by atoms with Gasteiger partial charge in [0.05, 0.1) is 0 Å². The van der Waals surface area contributed by atoms with Gasteiger partial charge in [-0.05, 0) is 18.2 Å². The summed E-state index contributed by atoms with van der Waals surface area (Å²) in [7, 11) is 0. The van der Waals surface area contributed by atoms with Crippen LogP contribution in [0.2, 0.25) is 0 Å². The smallest absolute Gasteiger partial charge is 0.412 e. The number of para-hydroxylation sites is 2. The van der Waals surface area contributed by atoms with Gasteiger partial charge in [0.25, 0.3) is 0 Å². The van der Waals surface area contributed by atoms with Crippen molar-refractivity contribution in [3.63, 3.8) is 0 Å². The van der Waals surface area contributed by atoms with Crippen LogP contribution in [0.25, 0.3) is 0 Å². The highest BCUT2D eigenvalue weighted by atomic mass is 19.4. The van der Waals surface area contributed by atoms with E-state index in [2.05, 4.69) is 5.32 Å². The molecule has 1 atom stereocenters. The van der Waals surface area contributed by atoms with Gasteiger partial charge in [0.15, 0.2) is 6.04 Å². The number of phenolic OH excluding ortho intramolecular Hbond substituents is 1. The van der Waals surface area contributed by atoms with Crippen LogP contribution in [0.5, 0.6) is 5.75 Å². The maximum absolute atomic E-state index is 13.1. The number of rotatable bonds is 3. The molecule has 0 fully saturated rings. The summed E-state index contributed by atoms with van der Waals surface area (Å²) in [5, 5.41) is 12.0. The standard InChI is InChI=1S/C14H12F3NO/c15-14(16,17)13(11-8-4-5-9-12(11)19)18-10-6-2-1-3-7-10/h1-9,13,18-19H. The van der Waals surface area contributed by atoms with E-state index >= 15 is 0 Å². The van der Waals surface area contributed by atoms with E-state index in [0.717, 1.165) is 0 Å². The Morgan fingerprint density at radius 1 is 0.895 bits per heavy atom. The van der Waals surface area contributed by atoms with E-state index in [1.54, 1.807) is 30.3 Å². The van der Waals surface area contributed by atoms with Gasteiger partial charge in [-0.15, -0.1) is 0 Å². The van der Waals surface area contributed by atoms with Crippen molar-refractivity contribution >= 4 is 5.69 Å². The third-order valence-electron chi connectivity index (χ3n) is 2.66. The van der Waals surface area contributed by atoms with Gasteiger partial charge in [-0.25, -0.2) is 0 Å². The molecule has 0 saturated heterocycles. The van der Waals surface area contributed by atoms with Crippen molar-refractivity contribution in [2.75, 3.05) is 5.32 Å². The Morgan fingerprint density at radius 2 is 1.47 bits per heavy atom. The van der Waals surface area contributed by atoms with Crippen LogP contribution < -0.4 is 5.32 Å². The van der Waals surface area contributed by atoms with Crippen molar-refractivity contribution in [2.45, 2.75) is 12.2 Å². The van der Waals surface area contributed by atoms with Gasteiger partial charge >= 0.3 is 6.18 Å². The molecule has 2 nitrogen and oxygen atoms in total. The SMILES string of the molecule is Oc1ccccc1C(Nc1ccccc1)C(F)(F)F. The van der Waals surface area contributed by atoms with Crippen LogP contribution >= 0.6 is 0 Å². The zero-order chi connectivity index (χ0) is 13.9. The molecule has 0 amide bonds. The van der Waals surface area contributed by atoms with Gasteiger partial charge in [0.1, 0.15) is 5.75 Å². The number of benzene rings is 2. The first-order valence-corrected chi connectivity index (χ1v) is 5.64. The van der Waals surface area contributed by atoms with Crippen LogP contribution in [-0.4, -0.2) is 11.3 Å². The molecule has 2 aromatic carbocycles. The highest BCUT2D eigenvalue weighted by Crippen LogP contribution is 2.38. The van der Waals surface area contributed by atoms with Crippen molar-refractivity contribution in [3.05, 3.63) is 60.2 Å². The Bertz CT molecular complexity index is 540. The number of phenols is 1. The molecule has 0 aromatic heterocycles. The van der Waals surface area contributed by atoms with Crippen molar-refractivity contribution in [1.29, 1.82) is 0 Å². The second-order valence-corrected chi connectivity index (χ2v) is 4.04. The zero-order valence-corrected chi connectivity index (χ0v) is 9.85. The molecule has 19 heavy (non-hydrogen) atoms. The topological polar surface area (TPSA) is 32.3 Å². The fourth-order valence-corrected chi connectivity index (χ4v) is 1.77. The molecule has 1 unspecified atom stereocenters. The molecule has 100 valence electrons. The summed E-state index contributed by atoms with van der Waals surface area (Å²) >= 11 is 0. The highest BCUT2D eigenvalue weighted by molar-refractivity contribution is 5.48. The summed E-state index contributed by atoms with van der Waals surface area (Å²) in [5.41, 5.74) is 0.145. The summed E-state index contributed by atoms with van der Waals surface area (Å²) in [5.74, 6) is -0.381. The number of hydrogen-bond donors (Lipinski definition) is 2. The van der Waals surface area contributed by atoms with Crippen LogP contribution in [0, 0.1) is 0 Å². The van der Waals surface area contributed by atoms with E-state index < -0.39 is 12.2 Å². The molecular formula is C14H12F3NO. The van der Waals surface area contributed by atoms with E-state index in [1.165, 1.54) is 24.3 Å². The lowest BCUT2D eigenvalue weighted by Gasteiger charge is -2.23. The second-order valence-electron chi connectivity index (χ2n) is 4.04. The molecule has 2 rings (SSSR count). The van der Waals surface area contributed by atoms with E-state index in [0.29, 0.717) is 5.69 Å². The van der Waals surface area contributed by atoms with Crippen LogP contribution in [-0.2, 0) is 0 Å². The molecule has 2 N–H and O–H groups in total. The minimum absolute atomic E-state index is 0.196. The fraction of sp³-hybridized carbons (Fsp3) is 0.143. The van der Waals surface area contributed by atoms with Gasteiger partial charge in [-0.1, -0.05) is 36.4 Å². The first kappa shape index (κ1) is 13.3. The largest absolute Gasteiger partial charge is 0.508 e. The molecule has 0 bridgehead atoms. The Kier molecular flexibility index (Phi) is 3.64. The Balaban J connectivity index is 2.36. The van der Waals surface area contributed by atoms with Crippen LogP contribution in [0.15, 0.2) is 54.6 Å². The van der Waals surface area contributed by atoms with Gasteiger partial charge in [0.2, 0.25) is 0 Å². The lowest BCUT2D eigenvalue weighted by molar-refractivity contribution is -0.144. The minimum atomic E-state index is -4.51. The molecule has 0 radical (unpaired) electrons. The number of halogens is 3. The highest BCUT2D eigenvalue weighted by Gasteiger charge is 2.42. The second kappa shape index (κ2) is 5.22. The van der Waals surface area contributed by atoms with Gasteiger partial charge in [-0.2, -0.15) is 13.2 Å². The van der Waals surface area contributed by atoms with E-state index in [4.69, 9.17) is 0 Å². The maximum Gasteiger partial charge on any atom is 0.412 e. The Morgan fingerprint density at radius 3 is 2.05 bits per heavy atom. The van der Waals surface area contributed by atoms with Crippen LogP contribution in [0.3, 0.4) is 0 Å². The average molecular weight is 267 g/mol. The number of nitrogens with one attached hydrogen (secondary N) is 1. The van der Waals surface area contributed by atoms with Gasteiger partial charge < -0.3 is 10.4 Å². The van der Waals surface area contributed by atoms with Crippen molar-refractivity contribution < 1.29 is 18.3 Å². The normalized spacial score (nSPS) is 13.0. The number of alkyl halides is 3. The summed E-state index contributed by atoms with van der Waals surface area (Å²) in [4.78, 5) is 0. The number of anilines is 1. The average Bonchev–Trinajstić information content (AvgIpc) is 2.37. The lowest BCUT2D eigenvalue weighted by atomic mass is 10.0. The minimum Gasteiger partial charge on any atom is -0.508 e. The lowest BCUT2D eigenvalue weighted by Crippen LogP contribution is -2.27. The molecule has 0 saturated carbocycles. The molecule has 2 aromatic rings. The van der Waals surface area contributed by atoms with E-state index in [-0.39, 0.29) is 11.3 Å². The van der Waals surface area contributed by atoms with Crippen LogP contribution in [0.1, 0.15) is 11.6 Å². The Labute approximate surface area is 108 Å². The van der Waals surface area contributed by atoms with Crippen molar-refractivity contribution in [2.24, 2.45) is 0 Å². The molecule has 0 heterocycles. The Hall–Kier alpha value is -2.17. The van der Waals surface area contributed by atoms with Crippen molar-refractivity contribution in [1.82, 2.24) is 0 Å². The van der Waals surface area contributed by atoms with Crippen molar-refractivity contribution in [3.8, 4) is 5.75 Å². The monoisotopic (exact) mass is 267 g/mol. The molecule has 0 aliphatic rings. The third kappa shape index (κ3) is 3.19. The third-order valence-corrected chi connectivity index (χ3v) is 2.66. The first-order valence-electron chi connectivity index (χ1n) is 5.64. The van der Waals surface area contributed by atoms with Gasteiger partial charge in [0, 0.05) is 11.3 Å². The summed E-state index contributed by atoms with van der Waals surface area (Å²) in [6, 6.07) is 11.6. The zero-order valence-electron chi connectivity index (χ0n) is 9.85. The van der Waals surface area contributed by atoms with E-state index in [1.807, 2.05) is 0 Å². The quantitative estimate of drug-likeness (QED) is 0.877. The molecule has 5 heteroatoms. The molecule has 0 spiro atoms. The molecule has 0 aliphatic heterocycles. The summed E-state index contributed by atoms with van der Waals surface area (Å²) in [6.07, 6.45) is -4.51.